The van der Waals surface area contributed by atoms with Crippen molar-refractivity contribution in [2.24, 2.45) is 0 Å². The highest BCUT2D eigenvalue weighted by Crippen LogP contribution is 2.25. The van der Waals surface area contributed by atoms with Crippen molar-refractivity contribution in [2.45, 2.75) is 37.1 Å². The van der Waals surface area contributed by atoms with E-state index in [2.05, 4.69) is 0 Å². The lowest BCUT2D eigenvalue weighted by Crippen LogP contribution is -2.41. The number of piperidine rings is 1. The molecule has 4 rings (SSSR count). The van der Waals surface area contributed by atoms with Gasteiger partial charge in [-0.3, -0.25) is 4.79 Å². The molecule has 1 aliphatic rings. The van der Waals surface area contributed by atoms with Crippen molar-refractivity contribution >= 4 is 21.8 Å². The first-order chi connectivity index (χ1) is 16.4. The Morgan fingerprint density at radius 2 is 1.47 bits per heavy atom. The normalized spacial score (nSPS) is 16.7. The Kier molecular flexibility index (Phi) is 7.24. The second-order valence-corrected chi connectivity index (χ2v) is 10.3. The molecule has 0 N–H and O–H groups in total. The number of sulfonamides is 1. The van der Waals surface area contributed by atoms with Gasteiger partial charge >= 0.3 is 5.97 Å². The summed E-state index contributed by atoms with van der Waals surface area (Å²) in [5.41, 5.74) is 2.68. The van der Waals surface area contributed by atoms with Crippen molar-refractivity contribution < 1.29 is 22.7 Å². The average Bonchev–Trinajstić information content (AvgIpc) is 2.88. The second kappa shape index (κ2) is 10.3. The molecule has 3 aromatic rings. The molecule has 0 radical (unpaired) electrons. The largest absolute Gasteiger partial charge is 0.454 e. The number of hydrogen-bond donors (Lipinski definition) is 0. The maximum absolute atomic E-state index is 12.9. The Morgan fingerprint density at radius 3 is 2.12 bits per heavy atom. The van der Waals surface area contributed by atoms with E-state index in [0.29, 0.717) is 12.1 Å². The van der Waals surface area contributed by atoms with E-state index in [1.165, 1.54) is 28.6 Å². The van der Waals surface area contributed by atoms with Crippen molar-refractivity contribution in [2.75, 3.05) is 13.2 Å². The molecule has 6 nitrogen and oxygen atoms in total. The van der Waals surface area contributed by atoms with E-state index in [1.807, 2.05) is 49.4 Å². The van der Waals surface area contributed by atoms with Gasteiger partial charge in [0.1, 0.15) is 0 Å². The maximum Gasteiger partial charge on any atom is 0.338 e. The zero-order valence-electron chi connectivity index (χ0n) is 19.0. The molecule has 1 fully saturated rings. The molecule has 0 saturated carbocycles. The van der Waals surface area contributed by atoms with Crippen LogP contribution >= 0.6 is 0 Å². The number of ketones is 1. The number of benzene rings is 3. The maximum atomic E-state index is 12.9. The highest BCUT2D eigenvalue weighted by molar-refractivity contribution is 7.89. The first kappa shape index (κ1) is 23.9. The van der Waals surface area contributed by atoms with Gasteiger partial charge in [-0.15, -0.1) is 0 Å². The number of rotatable bonds is 7. The van der Waals surface area contributed by atoms with E-state index in [4.69, 9.17) is 4.74 Å². The van der Waals surface area contributed by atoms with Crippen LogP contribution < -0.4 is 0 Å². The van der Waals surface area contributed by atoms with E-state index >= 15 is 0 Å². The lowest BCUT2D eigenvalue weighted by atomic mass is 10.0. The van der Waals surface area contributed by atoms with Crippen molar-refractivity contribution in [3.63, 3.8) is 0 Å². The second-order valence-electron chi connectivity index (χ2n) is 8.43. The molecule has 0 unspecified atom stereocenters. The van der Waals surface area contributed by atoms with Gasteiger partial charge < -0.3 is 4.74 Å². The SMILES string of the molecule is C[C@H]1CCCCN1S(=O)(=O)c1ccc(C(=O)OCC(=O)c2ccc(-c3ccccc3)cc2)cc1. The van der Waals surface area contributed by atoms with Crippen LogP contribution in [0.25, 0.3) is 11.1 Å². The van der Waals surface area contributed by atoms with Crippen molar-refractivity contribution in [3.05, 3.63) is 90.0 Å². The van der Waals surface area contributed by atoms with Crippen LogP contribution in [0.15, 0.2) is 83.8 Å². The number of carbonyl (C=O) groups excluding carboxylic acids is 2. The minimum absolute atomic E-state index is 0.0452. The van der Waals surface area contributed by atoms with Crippen LogP contribution in [0.2, 0.25) is 0 Å². The third kappa shape index (κ3) is 5.26. The molecule has 1 heterocycles. The molecule has 0 bridgehead atoms. The Labute approximate surface area is 200 Å². The number of carbonyl (C=O) groups is 2. The van der Waals surface area contributed by atoms with Crippen LogP contribution in [0.4, 0.5) is 0 Å². The smallest absolute Gasteiger partial charge is 0.338 e. The Hall–Kier alpha value is -3.29. The van der Waals surface area contributed by atoms with Crippen LogP contribution in [0.3, 0.4) is 0 Å². The molecule has 0 aromatic heterocycles. The number of nitrogens with zero attached hydrogens (tertiary/aromatic N) is 1. The van der Waals surface area contributed by atoms with Gasteiger partial charge in [-0.2, -0.15) is 4.31 Å². The predicted octanol–water partition coefficient (Wildman–Crippen LogP) is 4.96. The third-order valence-electron chi connectivity index (χ3n) is 6.09. The summed E-state index contributed by atoms with van der Waals surface area (Å²) in [5, 5.41) is 0. The Bertz CT molecular complexity index is 1250. The fourth-order valence-electron chi connectivity index (χ4n) is 4.10. The van der Waals surface area contributed by atoms with E-state index in [0.717, 1.165) is 30.4 Å². The lowest BCUT2D eigenvalue weighted by Gasteiger charge is -2.32. The molecule has 0 aliphatic carbocycles. The molecule has 0 amide bonds. The zero-order chi connectivity index (χ0) is 24.1. The fraction of sp³-hybridized carbons (Fsp3) is 0.259. The minimum atomic E-state index is -3.61. The van der Waals surface area contributed by atoms with Crippen LogP contribution in [0, 0.1) is 0 Å². The lowest BCUT2D eigenvalue weighted by molar-refractivity contribution is 0.0474. The standard InChI is InChI=1S/C27H27NO5S/c1-20-7-5-6-18-28(20)34(31,32)25-16-14-24(15-17-25)27(30)33-19-26(29)23-12-10-22(11-13-23)21-8-3-2-4-9-21/h2-4,8-17,20H,5-7,18-19H2,1H3/t20-/m0/s1. The minimum Gasteiger partial charge on any atom is -0.454 e. The summed E-state index contributed by atoms with van der Waals surface area (Å²) in [4.78, 5) is 25.0. The van der Waals surface area contributed by atoms with Crippen LogP contribution in [0.1, 0.15) is 46.9 Å². The molecular formula is C27H27NO5S. The summed E-state index contributed by atoms with van der Waals surface area (Å²) < 4.78 is 32.5. The molecule has 176 valence electrons. The Balaban J connectivity index is 1.36. The van der Waals surface area contributed by atoms with Gasteiger partial charge in [-0.05, 0) is 55.2 Å². The first-order valence-corrected chi connectivity index (χ1v) is 12.8. The molecular weight excluding hydrogens is 450 g/mol. The van der Waals surface area contributed by atoms with E-state index in [1.54, 1.807) is 12.1 Å². The number of hydrogen-bond acceptors (Lipinski definition) is 5. The summed E-state index contributed by atoms with van der Waals surface area (Å²) in [6, 6.07) is 22.6. The van der Waals surface area contributed by atoms with Crippen molar-refractivity contribution in [1.82, 2.24) is 4.31 Å². The molecule has 1 atom stereocenters. The molecule has 3 aromatic carbocycles. The Morgan fingerprint density at radius 1 is 0.853 bits per heavy atom. The molecule has 7 heteroatoms. The molecule has 34 heavy (non-hydrogen) atoms. The van der Waals surface area contributed by atoms with E-state index in [-0.39, 0.29) is 22.3 Å². The summed E-state index contributed by atoms with van der Waals surface area (Å²) in [5.74, 6) is -0.990. The quantitative estimate of drug-likeness (QED) is 0.355. The third-order valence-corrected chi connectivity index (χ3v) is 8.11. The summed E-state index contributed by atoms with van der Waals surface area (Å²) in [7, 11) is -3.61. The monoisotopic (exact) mass is 477 g/mol. The van der Waals surface area contributed by atoms with E-state index < -0.39 is 22.6 Å². The van der Waals surface area contributed by atoms with Gasteiger partial charge in [0, 0.05) is 18.2 Å². The first-order valence-electron chi connectivity index (χ1n) is 11.3. The summed E-state index contributed by atoms with van der Waals surface area (Å²) in [6.07, 6.45) is 2.71. The number of Topliss-reactive ketones (excluding diaryl/α,β-unsaturated/α-hetero) is 1. The predicted molar refractivity (Wildman–Crippen MR) is 130 cm³/mol. The number of esters is 1. The number of ether oxygens (including phenoxy) is 1. The van der Waals surface area contributed by atoms with Gasteiger partial charge in [0.15, 0.2) is 12.4 Å². The van der Waals surface area contributed by atoms with Crippen LogP contribution in [-0.4, -0.2) is 43.7 Å². The van der Waals surface area contributed by atoms with Gasteiger partial charge in [0.25, 0.3) is 0 Å². The van der Waals surface area contributed by atoms with Crippen LogP contribution in [0.5, 0.6) is 0 Å². The summed E-state index contributed by atoms with van der Waals surface area (Å²) in [6.45, 7) is 2.02. The van der Waals surface area contributed by atoms with Crippen molar-refractivity contribution in [3.8, 4) is 11.1 Å². The average molecular weight is 478 g/mol. The summed E-state index contributed by atoms with van der Waals surface area (Å²) >= 11 is 0. The molecule has 1 aliphatic heterocycles. The highest BCUT2D eigenvalue weighted by atomic mass is 32.2. The van der Waals surface area contributed by atoms with E-state index in [9.17, 15) is 18.0 Å². The van der Waals surface area contributed by atoms with Gasteiger partial charge in [-0.25, -0.2) is 13.2 Å². The van der Waals surface area contributed by atoms with Gasteiger partial charge in [0.05, 0.1) is 10.5 Å². The van der Waals surface area contributed by atoms with Gasteiger partial charge in [-0.1, -0.05) is 61.0 Å². The highest BCUT2D eigenvalue weighted by Gasteiger charge is 2.31. The zero-order valence-corrected chi connectivity index (χ0v) is 19.8. The molecule has 1 saturated heterocycles. The fourth-order valence-corrected chi connectivity index (χ4v) is 5.80. The van der Waals surface area contributed by atoms with Crippen LogP contribution in [-0.2, 0) is 14.8 Å². The molecule has 0 spiro atoms. The van der Waals surface area contributed by atoms with Crippen molar-refractivity contribution in [1.29, 1.82) is 0 Å². The van der Waals surface area contributed by atoms with Gasteiger partial charge in [0.2, 0.25) is 10.0 Å². The topological polar surface area (TPSA) is 80.8 Å².